The Morgan fingerprint density at radius 2 is 2.00 bits per heavy atom. The van der Waals surface area contributed by atoms with E-state index in [1.54, 1.807) is 30.1 Å². The lowest BCUT2D eigenvalue weighted by molar-refractivity contribution is -0.385. The highest BCUT2D eigenvalue weighted by Crippen LogP contribution is 2.21. The van der Waals surface area contributed by atoms with Crippen LogP contribution in [-0.4, -0.2) is 34.0 Å². The Labute approximate surface area is 111 Å². The number of nitrogens with zero attached hydrogens (tertiary/aromatic N) is 2. The second-order valence-electron chi connectivity index (χ2n) is 4.83. The number of benzene rings is 1. The van der Waals surface area contributed by atoms with E-state index in [4.69, 9.17) is 0 Å². The van der Waals surface area contributed by atoms with E-state index in [-0.39, 0.29) is 18.2 Å². The molecular weight excluding hydrogens is 248 g/mol. The summed E-state index contributed by atoms with van der Waals surface area (Å²) < 4.78 is 0. The lowest BCUT2D eigenvalue weighted by Crippen LogP contribution is -2.41. The van der Waals surface area contributed by atoms with E-state index in [0.717, 1.165) is 0 Å². The highest BCUT2D eigenvalue weighted by Gasteiger charge is 2.27. The molecule has 0 unspecified atom stereocenters. The van der Waals surface area contributed by atoms with Gasteiger partial charge in [-0.1, -0.05) is 32.0 Å². The molecule has 6 nitrogen and oxygen atoms in total. The molecule has 1 aromatic rings. The largest absolute Gasteiger partial charge is 0.480 e. The number of nitro benzene ring substituents is 1. The molecule has 1 atom stereocenters. The fourth-order valence-electron chi connectivity index (χ4n) is 2.17. The highest BCUT2D eigenvalue weighted by molar-refractivity contribution is 5.73. The maximum absolute atomic E-state index is 11.2. The Hall–Kier alpha value is -1.95. The SMILES string of the molecule is CC(C)[C@@H](C(=O)O)N(C)Cc1ccccc1[N+](=O)[O-]. The predicted octanol–water partition coefficient (Wildman–Crippen LogP) is 2.14. The van der Waals surface area contributed by atoms with Gasteiger partial charge in [0.15, 0.2) is 0 Å². The summed E-state index contributed by atoms with van der Waals surface area (Å²) in [6.45, 7) is 3.86. The normalized spacial score (nSPS) is 12.7. The van der Waals surface area contributed by atoms with Gasteiger partial charge in [0.1, 0.15) is 6.04 Å². The second kappa shape index (κ2) is 6.29. The summed E-state index contributed by atoms with van der Waals surface area (Å²) in [5.74, 6) is -0.999. The van der Waals surface area contributed by atoms with Crippen LogP contribution in [0.4, 0.5) is 5.69 Å². The van der Waals surface area contributed by atoms with Crippen molar-refractivity contribution in [2.24, 2.45) is 5.92 Å². The first-order valence-corrected chi connectivity index (χ1v) is 6.00. The Morgan fingerprint density at radius 1 is 1.42 bits per heavy atom. The molecule has 0 spiro atoms. The molecule has 0 aliphatic rings. The number of carbonyl (C=O) groups is 1. The van der Waals surface area contributed by atoms with Crippen LogP contribution in [0.1, 0.15) is 19.4 Å². The van der Waals surface area contributed by atoms with Crippen LogP contribution in [-0.2, 0) is 11.3 Å². The number of para-hydroxylation sites is 1. The molecule has 0 aliphatic carbocycles. The zero-order chi connectivity index (χ0) is 14.6. The molecule has 0 bridgehead atoms. The Bertz CT molecular complexity index is 473. The Balaban J connectivity index is 2.96. The molecule has 6 heteroatoms. The van der Waals surface area contributed by atoms with E-state index in [2.05, 4.69) is 0 Å². The number of carboxylic acid groups (broad SMARTS) is 1. The third kappa shape index (κ3) is 3.75. The van der Waals surface area contributed by atoms with Crippen molar-refractivity contribution in [3.63, 3.8) is 0 Å². The van der Waals surface area contributed by atoms with E-state index in [1.807, 2.05) is 13.8 Å². The van der Waals surface area contributed by atoms with Crippen LogP contribution in [0.5, 0.6) is 0 Å². The van der Waals surface area contributed by atoms with Gasteiger partial charge >= 0.3 is 5.97 Å². The number of hydrogen-bond acceptors (Lipinski definition) is 4. The van der Waals surface area contributed by atoms with Gasteiger partial charge in [0.05, 0.1) is 4.92 Å². The quantitative estimate of drug-likeness (QED) is 0.630. The van der Waals surface area contributed by atoms with Gasteiger partial charge in [-0.15, -0.1) is 0 Å². The smallest absolute Gasteiger partial charge is 0.321 e. The number of likely N-dealkylation sites (N-methyl/N-ethyl adjacent to an activating group) is 1. The molecule has 1 N–H and O–H groups in total. The molecule has 0 aliphatic heterocycles. The summed E-state index contributed by atoms with van der Waals surface area (Å²) in [6, 6.07) is 5.71. The van der Waals surface area contributed by atoms with Gasteiger partial charge in [-0.2, -0.15) is 0 Å². The zero-order valence-electron chi connectivity index (χ0n) is 11.2. The van der Waals surface area contributed by atoms with Gasteiger partial charge in [-0.05, 0) is 13.0 Å². The van der Waals surface area contributed by atoms with E-state index in [0.29, 0.717) is 5.56 Å². The number of nitro groups is 1. The van der Waals surface area contributed by atoms with Gasteiger partial charge in [0.25, 0.3) is 5.69 Å². The molecule has 1 aromatic carbocycles. The maximum Gasteiger partial charge on any atom is 0.321 e. The van der Waals surface area contributed by atoms with Crippen molar-refractivity contribution in [2.45, 2.75) is 26.4 Å². The average molecular weight is 266 g/mol. The first-order valence-electron chi connectivity index (χ1n) is 6.00. The van der Waals surface area contributed by atoms with Crippen LogP contribution >= 0.6 is 0 Å². The Morgan fingerprint density at radius 3 is 2.47 bits per heavy atom. The second-order valence-corrected chi connectivity index (χ2v) is 4.83. The van der Waals surface area contributed by atoms with Crippen LogP contribution < -0.4 is 0 Å². The number of aliphatic carboxylic acids is 1. The fourth-order valence-corrected chi connectivity index (χ4v) is 2.17. The summed E-state index contributed by atoms with van der Waals surface area (Å²) in [5, 5.41) is 20.1. The molecule has 0 heterocycles. The predicted molar refractivity (Wildman–Crippen MR) is 70.8 cm³/mol. The standard InChI is InChI=1S/C13H18N2O4/c1-9(2)12(13(16)17)14(3)8-10-6-4-5-7-11(10)15(18)19/h4-7,9,12H,8H2,1-3H3,(H,16,17)/t12-/m0/s1. The van der Waals surface area contributed by atoms with E-state index >= 15 is 0 Å². The topological polar surface area (TPSA) is 83.7 Å². The molecule has 104 valence electrons. The van der Waals surface area contributed by atoms with Crippen molar-refractivity contribution in [2.75, 3.05) is 7.05 Å². The minimum atomic E-state index is -0.920. The minimum Gasteiger partial charge on any atom is -0.480 e. The van der Waals surface area contributed by atoms with Crippen molar-refractivity contribution >= 4 is 11.7 Å². The van der Waals surface area contributed by atoms with E-state index < -0.39 is 16.9 Å². The first kappa shape index (κ1) is 15.1. The van der Waals surface area contributed by atoms with Crippen molar-refractivity contribution in [1.82, 2.24) is 4.90 Å². The maximum atomic E-state index is 11.2. The third-order valence-electron chi connectivity index (χ3n) is 2.97. The Kier molecular flexibility index (Phi) is 5.00. The van der Waals surface area contributed by atoms with Crippen LogP contribution in [0.15, 0.2) is 24.3 Å². The van der Waals surface area contributed by atoms with Crippen molar-refractivity contribution in [3.8, 4) is 0 Å². The molecule has 0 saturated heterocycles. The van der Waals surface area contributed by atoms with E-state index in [9.17, 15) is 20.0 Å². The molecule has 19 heavy (non-hydrogen) atoms. The number of carboxylic acids is 1. The average Bonchev–Trinajstić information content (AvgIpc) is 2.27. The monoisotopic (exact) mass is 266 g/mol. The van der Waals surface area contributed by atoms with Crippen molar-refractivity contribution < 1.29 is 14.8 Å². The van der Waals surface area contributed by atoms with Crippen molar-refractivity contribution in [1.29, 1.82) is 0 Å². The summed E-state index contributed by atoms with van der Waals surface area (Å²) in [7, 11) is 1.66. The summed E-state index contributed by atoms with van der Waals surface area (Å²) in [4.78, 5) is 23.3. The van der Waals surface area contributed by atoms with Gasteiger partial charge < -0.3 is 5.11 Å². The highest BCUT2D eigenvalue weighted by atomic mass is 16.6. The van der Waals surface area contributed by atoms with Gasteiger partial charge in [-0.3, -0.25) is 19.8 Å². The number of rotatable bonds is 6. The molecular formula is C13H18N2O4. The summed E-state index contributed by atoms with van der Waals surface area (Å²) in [5.41, 5.74) is 0.532. The molecule has 0 amide bonds. The van der Waals surface area contributed by atoms with E-state index in [1.165, 1.54) is 6.07 Å². The van der Waals surface area contributed by atoms with Gasteiger partial charge in [0, 0.05) is 18.2 Å². The molecule has 1 rings (SSSR count). The van der Waals surface area contributed by atoms with Gasteiger partial charge in [0.2, 0.25) is 0 Å². The minimum absolute atomic E-state index is 0.0160. The van der Waals surface area contributed by atoms with Gasteiger partial charge in [-0.25, -0.2) is 0 Å². The molecule has 0 saturated carbocycles. The molecule has 0 fully saturated rings. The molecule has 0 aromatic heterocycles. The third-order valence-corrected chi connectivity index (χ3v) is 2.97. The summed E-state index contributed by atoms with van der Waals surface area (Å²) >= 11 is 0. The van der Waals surface area contributed by atoms with Crippen LogP contribution in [0.25, 0.3) is 0 Å². The fraction of sp³-hybridized carbons (Fsp3) is 0.462. The lowest BCUT2D eigenvalue weighted by Gasteiger charge is -2.27. The summed E-state index contributed by atoms with van der Waals surface area (Å²) in [6.07, 6.45) is 0. The van der Waals surface area contributed by atoms with Crippen molar-refractivity contribution in [3.05, 3.63) is 39.9 Å². The lowest BCUT2D eigenvalue weighted by atomic mass is 10.0. The van der Waals surface area contributed by atoms with Crippen LogP contribution in [0.2, 0.25) is 0 Å². The number of hydrogen-bond donors (Lipinski definition) is 1. The first-order chi connectivity index (χ1) is 8.84. The molecule has 0 radical (unpaired) electrons. The van der Waals surface area contributed by atoms with Crippen LogP contribution in [0.3, 0.4) is 0 Å². The van der Waals surface area contributed by atoms with Crippen LogP contribution in [0, 0.1) is 16.0 Å². The zero-order valence-corrected chi connectivity index (χ0v) is 11.2.